The average molecular weight is 476 g/mol. The van der Waals surface area contributed by atoms with Crippen LogP contribution in [-0.4, -0.2) is 60.2 Å². The molecule has 0 saturated carbocycles. The summed E-state index contributed by atoms with van der Waals surface area (Å²) in [6.45, 7) is 10.6. The summed E-state index contributed by atoms with van der Waals surface area (Å²) in [6.07, 6.45) is 6.08. The van der Waals surface area contributed by atoms with Crippen molar-refractivity contribution >= 4 is 34.5 Å². The third-order valence-corrected chi connectivity index (χ3v) is 7.37. The lowest BCUT2D eigenvalue weighted by molar-refractivity contribution is 0.242. The highest BCUT2D eigenvalue weighted by atomic mass is 35.5. The number of aromatic nitrogens is 1. The third-order valence-electron chi connectivity index (χ3n) is 7.06. The number of pyridine rings is 1. The predicted molar refractivity (Wildman–Crippen MR) is 142 cm³/mol. The first-order valence-corrected chi connectivity index (χ1v) is 12.9. The van der Waals surface area contributed by atoms with E-state index in [0.717, 1.165) is 72.8 Å². The lowest BCUT2D eigenvalue weighted by Gasteiger charge is -2.35. The Balaban J connectivity index is 1.11. The molecular weight excluding hydrogens is 442 g/mol. The van der Waals surface area contributed by atoms with Crippen molar-refractivity contribution < 1.29 is 0 Å². The Bertz CT molecular complexity index is 1270. The monoisotopic (exact) mass is 475 g/mol. The van der Waals surface area contributed by atoms with Gasteiger partial charge in [0, 0.05) is 49.5 Å². The van der Waals surface area contributed by atoms with Crippen LogP contribution in [0.4, 0.5) is 5.82 Å². The molecule has 34 heavy (non-hydrogen) atoms. The molecule has 0 amide bonds. The number of hydrogen-bond acceptors (Lipinski definition) is 5. The minimum absolute atomic E-state index is 0.265. The summed E-state index contributed by atoms with van der Waals surface area (Å²) in [5.41, 5.74) is 2.26. The van der Waals surface area contributed by atoms with Crippen molar-refractivity contribution in [2.24, 2.45) is 4.99 Å². The molecule has 1 fully saturated rings. The van der Waals surface area contributed by atoms with Gasteiger partial charge >= 0.3 is 0 Å². The normalized spacial score (nSPS) is 18.5. The highest BCUT2D eigenvalue weighted by Crippen LogP contribution is 2.27. The van der Waals surface area contributed by atoms with Crippen molar-refractivity contribution in [3.05, 3.63) is 69.7 Å². The van der Waals surface area contributed by atoms with Gasteiger partial charge in [-0.25, -0.2) is 4.98 Å². The minimum Gasteiger partial charge on any atom is -0.356 e. The fourth-order valence-electron chi connectivity index (χ4n) is 5.07. The zero-order chi connectivity index (χ0) is 23.5. The molecular formula is C28H34ClN5. The van der Waals surface area contributed by atoms with Gasteiger partial charge in [-0.3, -0.25) is 9.89 Å². The van der Waals surface area contributed by atoms with Gasteiger partial charge in [0.25, 0.3) is 0 Å². The molecule has 1 aromatic heterocycles. The number of anilines is 1. The number of piperazine rings is 1. The second-order valence-electron chi connectivity index (χ2n) is 9.44. The largest absolute Gasteiger partial charge is 0.356 e. The first-order valence-electron chi connectivity index (χ1n) is 12.6. The van der Waals surface area contributed by atoms with E-state index in [4.69, 9.17) is 21.6 Å². The number of hydrogen-bond donors (Lipinski definition) is 0. The summed E-state index contributed by atoms with van der Waals surface area (Å²) < 4.78 is 0. The molecule has 0 bridgehead atoms. The van der Waals surface area contributed by atoms with Crippen LogP contribution in [0.5, 0.6) is 0 Å². The predicted octanol–water partition coefficient (Wildman–Crippen LogP) is 4.21. The highest BCUT2D eigenvalue weighted by molar-refractivity contribution is 6.35. The second kappa shape index (κ2) is 10.3. The summed E-state index contributed by atoms with van der Waals surface area (Å²) in [4.78, 5) is 17.2. The molecule has 0 N–H and O–H groups in total. The standard InChI is InChI=1S/C28H34ClN5/c1-3-33-20-22-18-21(2)11-12-25(22)30-27(33)10-6-7-13-32-14-16-34(17-15-32)28-19-24(29)23-8-4-5-9-26(23)31-28/h4-5,8-9,11-12,18-20,27H,3,6-7,10,13-17H2,1-2H3. The molecule has 0 aliphatic carbocycles. The lowest BCUT2D eigenvalue weighted by atomic mass is 10.1. The average Bonchev–Trinajstić information content (AvgIpc) is 2.86. The molecule has 2 aliphatic heterocycles. The number of para-hydroxylation sites is 1. The van der Waals surface area contributed by atoms with Crippen LogP contribution in [0.3, 0.4) is 0 Å². The van der Waals surface area contributed by atoms with Crippen molar-refractivity contribution in [3.8, 4) is 0 Å². The zero-order valence-corrected chi connectivity index (χ0v) is 21.0. The molecule has 3 heterocycles. The van der Waals surface area contributed by atoms with Crippen molar-refractivity contribution in [2.75, 3.05) is 44.2 Å². The van der Waals surface area contributed by atoms with Gasteiger partial charge in [-0.2, -0.15) is 0 Å². The van der Waals surface area contributed by atoms with Gasteiger partial charge < -0.3 is 9.80 Å². The molecule has 6 heteroatoms. The van der Waals surface area contributed by atoms with Crippen LogP contribution in [0.1, 0.15) is 31.7 Å². The maximum absolute atomic E-state index is 6.52. The topological polar surface area (TPSA) is 35.0 Å². The Morgan fingerprint density at radius 3 is 2.65 bits per heavy atom. The molecule has 2 aromatic carbocycles. The number of nitrogens with zero attached hydrogens (tertiary/aromatic N) is 5. The van der Waals surface area contributed by atoms with Crippen LogP contribution in [0.25, 0.3) is 17.1 Å². The van der Waals surface area contributed by atoms with Crippen LogP contribution in [0.15, 0.2) is 53.5 Å². The van der Waals surface area contributed by atoms with E-state index in [1.807, 2.05) is 30.3 Å². The van der Waals surface area contributed by atoms with Crippen molar-refractivity contribution in [1.29, 1.82) is 0 Å². The smallest absolute Gasteiger partial charge is 0.130 e. The van der Waals surface area contributed by atoms with E-state index < -0.39 is 0 Å². The van der Waals surface area contributed by atoms with Gasteiger partial charge in [-0.05, 0) is 63.9 Å². The molecule has 1 saturated heterocycles. The number of unbranched alkanes of at least 4 members (excludes halogenated alkanes) is 1. The minimum atomic E-state index is 0.265. The van der Waals surface area contributed by atoms with Gasteiger partial charge in [0.2, 0.25) is 0 Å². The summed E-state index contributed by atoms with van der Waals surface area (Å²) in [7, 11) is 0. The van der Waals surface area contributed by atoms with Crippen molar-refractivity contribution in [2.45, 2.75) is 39.3 Å². The molecule has 1 unspecified atom stereocenters. The van der Waals surface area contributed by atoms with Crippen LogP contribution >= 0.6 is 11.6 Å². The fraction of sp³-hybridized carbons (Fsp3) is 0.429. The SMILES string of the molecule is CCN1C=c2cc(C)ccc2=NC1CCCCN1CCN(c2cc(Cl)c3ccccc3n2)CC1. The van der Waals surface area contributed by atoms with Gasteiger partial charge in [-0.15, -0.1) is 0 Å². The van der Waals surface area contributed by atoms with Crippen LogP contribution in [-0.2, 0) is 0 Å². The Labute approximate surface area is 207 Å². The van der Waals surface area contributed by atoms with E-state index in [1.165, 1.54) is 23.6 Å². The summed E-state index contributed by atoms with van der Waals surface area (Å²) in [5, 5.41) is 4.19. The Morgan fingerprint density at radius 1 is 1.00 bits per heavy atom. The van der Waals surface area contributed by atoms with Crippen LogP contribution < -0.4 is 15.5 Å². The number of rotatable bonds is 7. The second-order valence-corrected chi connectivity index (χ2v) is 9.84. The Morgan fingerprint density at radius 2 is 1.82 bits per heavy atom. The summed E-state index contributed by atoms with van der Waals surface area (Å²) in [6, 6.07) is 16.7. The lowest BCUT2D eigenvalue weighted by Crippen LogP contribution is -2.47. The van der Waals surface area contributed by atoms with Crippen LogP contribution in [0.2, 0.25) is 5.02 Å². The quantitative estimate of drug-likeness (QED) is 0.479. The van der Waals surface area contributed by atoms with E-state index in [-0.39, 0.29) is 6.17 Å². The van der Waals surface area contributed by atoms with Crippen molar-refractivity contribution in [1.82, 2.24) is 14.8 Å². The summed E-state index contributed by atoms with van der Waals surface area (Å²) >= 11 is 6.52. The molecule has 5 rings (SSSR count). The number of halogens is 1. The van der Waals surface area contributed by atoms with Gasteiger partial charge in [-0.1, -0.05) is 41.4 Å². The maximum atomic E-state index is 6.52. The Hall–Kier alpha value is -2.63. The molecule has 178 valence electrons. The van der Waals surface area contributed by atoms with E-state index >= 15 is 0 Å². The third kappa shape index (κ3) is 5.06. The maximum Gasteiger partial charge on any atom is 0.130 e. The first kappa shape index (κ1) is 23.1. The van der Waals surface area contributed by atoms with E-state index in [0.29, 0.717) is 0 Å². The molecule has 5 nitrogen and oxygen atoms in total. The Kier molecular flexibility index (Phi) is 7.02. The van der Waals surface area contributed by atoms with Gasteiger partial charge in [0.05, 0.1) is 15.9 Å². The van der Waals surface area contributed by atoms with Crippen molar-refractivity contribution in [3.63, 3.8) is 0 Å². The van der Waals surface area contributed by atoms with Gasteiger partial charge in [0.15, 0.2) is 0 Å². The number of fused-ring (bicyclic) bond motifs is 2. The molecule has 0 radical (unpaired) electrons. The number of benzene rings is 2. The molecule has 2 aliphatic rings. The van der Waals surface area contributed by atoms with Gasteiger partial charge in [0.1, 0.15) is 12.0 Å². The van der Waals surface area contributed by atoms with Crippen LogP contribution in [0, 0.1) is 6.92 Å². The number of aryl methyl sites for hydroxylation is 1. The highest BCUT2D eigenvalue weighted by Gasteiger charge is 2.20. The van der Waals surface area contributed by atoms with E-state index in [2.05, 4.69) is 52.9 Å². The molecule has 3 aromatic rings. The zero-order valence-electron chi connectivity index (χ0n) is 20.3. The fourth-order valence-corrected chi connectivity index (χ4v) is 5.33. The van der Waals surface area contributed by atoms with E-state index in [1.54, 1.807) is 0 Å². The van der Waals surface area contributed by atoms with E-state index in [9.17, 15) is 0 Å². The molecule has 1 atom stereocenters. The molecule has 0 spiro atoms. The first-order chi connectivity index (χ1) is 16.6. The summed E-state index contributed by atoms with van der Waals surface area (Å²) in [5.74, 6) is 0.994.